The smallest absolute Gasteiger partial charge is 0.194 e. The molecule has 162 valence electrons. The molecule has 2 aliphatic rings. The molecule has 2 fully saturated rings. The minimum atomic E-state index is -1.38. The maximum Gasteiger partial charge on any atom is 0.194 e. The molecule has 0 aromatic heterocycles. The van der Waals surface area contributed by atoms with Gasteiger partial charge in [0.2, 0.25) is 0 Å². The van der Waals surface area contributed by atoms with Crippen LogP contribution in [0.5, 0.6) is 0 Å². The quantitative estimate of drug-likeness (QED) is 0.176. The zero-order valence-electron chi connectivity index (χ0n) is 17.3. The Morgan fingerprint density at radius 2 is 1.41 bits per heavy atom. The third kappa shape index (κ3) is 6.58. The van der Waals surface area contributed by atoms with Crippen molar-refractivity contribution in [3.8, 4) is 0 Å². The molecule has 0 bridgehead atoms. The first kappa shape index (κ1) is 22.4. The lowest BCUT2D eigenvalue weighted by atomic mass is 9.68. The number of halogens is 4. The molecular formula is C25H34F4. The Morgan fingerprint density at radius 1 is 0.828 bits per heavy atom. The van der Waals surface area contributed by atoms with E-state index in [4.69, 9.17) is 0 Å². The summed E-state index contributed by atoms with van der Waals surface area (Å²) in [6.45, 7) is -0.225. The van der Waals surface area contributed by atoms with Gasteiger partial charge < -0.3 is 0 Å². The van der Waals surface area contributed by atoms with Crippen molar-refractivity contribution < 1.29 is 17.6 Å². The number of hydrogen-bond donors (Lipinski definition) is 0. The predicted molar refractivity (Wildman–Crippen MR) is 110 cm³/mol. The van der Waals surface area contributed by atoms with Gasteiger partial charge in [0.15, 0.2) is 17.5 Å². The standard InChI is InChI=1S/C25H34F4/c26-15-3-1-2-4-18-7-11-21(12-8-18)22-13-9-19(10-14-22)5-6-20-16-23(27)25(29)24(28)17-20/h2,4,16-19,21-22H,1,3,5-15H2/t18-,19-,21-,22-. The summed E-state index contributed by atoms with van der Waals surface area (Å²) in [4.78, 5) is 0. The first-order chi connectivity index (χ1) is 14.1. The second-order valence-electron chi connectivity index (χ2n) is 9.13. The van der Waals surface area contributed by atoms with Crippen LogP contribution in [0.15, 0.2) is 24.3 Å². The van der Waals surface area contributed by atoms with E-state index in [2.05, 4.69) is 12.2 Å². The normalized spacial score (nSPS) is 28.1. The first-order valence-electron chi connectivity index (χ1n) is 11.4. The largest absolute Gasteiger partial charge is 0.251 e. The van der Waals surface area contributed by atoms with Gasteiger partial charge in [-0.05, 0) is 106 Å². The van der Waals surface area contributed by atoms with Crippen molar-refractivity contribution in [2.24, 2.45) is 23.7 Å². The maximum absolute atomic E-state index is 13.4. The highest BCUT2D eigenvalue weighted by Gasteiger charge is 2.30. The summed E-state index contributed by atoms with van der Waals surface area (Å²) in [5, 5.41) is 0. The third-order valence-corrected chi connectivity index (χ3v) is 7.17. The van der Waals surface area contributed by atoms with E-state index in [0.717, 1.165) is 36.8 Å². The van der Waals surface area contributed by atoms with Crippen molar-refractivity contribution in [3.63, 3.8) is 0 Å². The summed E-state index contributed by atoms with van der Waals surface area (Å²) in [5.74, 6) is -0.599. The molecule has 0 N–H and O–H groups in total. The zero-order chi connectivity index (χ0) is 20.6. The molecule has 2 aliphatic carbocycles. The molecule has 29 heavy (non-hydrogen) atoms. The van der Waals surface area contributed by atoms with Gasteiger partial charge in [0, 0.05) is 0 Å². The number of benzene rings is 1. The van der Waals surface area contributed by atoms with Crippen LogP contribution in [0.25, 0.3) is 0 Å². The molecule has 1 aromatic rings. The van der Waals surface area contributed by atoms with Gasteiger partial charge >= 0.3 is 0 Å². The summed E-state index contributed by atoms with van der Waals surface area (Å²) in [7, 11) is 0. The summed E-state index contributed by atoms with van der Waals surface area (Å²) in [5.41, 5.74) is 0.557. The van der Waals surface area contributed by atoms with Crippen molar-refractivity contribution in [2.45, 2.75) is 77.0 Å². The summed E-state index contributed by atoms with van der Waals surface area (Å²) in [6, 6.07) is 2.27. The Morgan fingerprint density at radius 3 is 2.00 bits per heavy atom. The van der Waals surface area contributed by atoms with Crippen LogP contribution in [0.1, 0.15) is 76.2 Å². The number of rotatable bonds is 8. The van der Waals surface area contributed by atoms with E-state index in [-0.39, 0.29) is 6.67 Å². The average Bonchev–Trinajstić information content (AvgIpc) is 2.74. The minimum absolute atomic E-state index is 0.225. The van der Waals surface area contributed by atoms with Gasteiger partial charge in [-0.15, -0.1) is 0 Å². The monoisotopic (exact) mass is 410 g/mol. The summed E-state index contributed by atoms with van der Waals surface area (Å²) in [6.07, 6.45) is 17.6. The topological polar surface area (TPSA) is 0 Å². The molecule has 0 aliphatic heterocycles. The zero-order valence-corrected chi connectivity index (χ0v) is 17.3. The van der Waals surface area contributed by atoms with Crippen molar-refractivity contribution >= 4 is 0 Å². The van der Waals surface area contributed by atoms with Crippen LogP contribution in [0, 0.1) is 41.1 Å². The molecule has 0 spiro atoms. The van der Waals surface area contributed by atoms with Crippen molar-refractivity contribution in [3.05, 3.63) is 47.3 Å². The number of alkyl halides is 1. The first-order valence-corrected chi connectivity index (χ1v) is 11.4. The molecule has 3 rings (SSSR count). The van der Waals surface area contributed by atoms with E-state index in [1.54, 1.807) is 0 Å². The molecule has 0 heterocycles. The highest BCUT2D eigenvalue weighted by Crippen LogP contribution is 2.42. The van der Waals surface area contributed by atoms with Crippen LogP contribution in [0.4, 0.5) is 17.6 Å². The van der Waals surface area contributed by atoms with E-state index >= 15 is 0 Å². The van der Waals surface area contributed by atoms with Crippen LogP contribution >= 0.6 is 0 Å². The Labute approximate surface area is 172 Å². The molecule has 0 radical (unpaired) electrons. The SMILES string of the molecule is FCCCC=C[C@H]1CC[C@H]([C@H]2CC[C@H](CCc3cc(F)c(F)c(F)c3)CC2)CC1. The van der Waals surface area contributed by atoms with Gasteiger partial charge in [0.25, 0.3) is 0 Å². The van der Waals surface area contributed by atoms with Gasteiger partial charge in [-0.2, -0.15) is 0 Å². The second-order valence-corrected chi connectivity index (χ2v) is 9.13. The van der Waals surface area contributed by atoms with Crippen LogP contribution in [0.3, 0.4) is 0 Å². The predicted octanol–water partition coefficient (Wildman–Crippen LogP) is 7.96. The third-order valence-electron chi connectivity index (χ3n) is 7.17. The average molecular weight is 411 g/mol. The van der Waals surface area contributed by atoms with Gasteiger partial charge in [0.1, 0.15) is 0 Å². The molecule has 0 nitrogen and oxygen atoms in total. The highest BCUT2D eigenvalue weighted by molar-refractivity contribution is 5.19. The Kier molecular flexibility index (Phi) is 8.62. The Bertz CT molecular complexity index is 630. The summed E-state index contributed by atoms with van der Waals surface area (Å²) < 4.78 is 51.9. The lowest BCUT2D eigenvalue weighted by molar-refractivity contribution is 0.152. The molecule has 0 atom stereocenters. The fraction of sp³-hybridized carbons (Fsp3) is 0.680. The lowest BCUT2D eigenvalue weighted by Gasteiger charge is -2.37. The Balaban J connectivity index is 1.36. The van der Waals surface area contributed by atoms with Crippen LogP contribution in [-0.4, -0.2) is 6.67 Å². The van der Waals surface area contributed by atoms with E-state index in [1.165, 1.54) is 51.4 Å². The fourth-order valence-electron chi connectivity index (χ4n) is 5.36. The van der Waals surface area contributed by atoms with Crippen molar-refractivity contribution in [1.82, 2.24) is 0 Å². The molecule has 2 saturated carbocycles. The number of hydrogen-bond acceptors (Lipinski definition) is 0. The van der Waals surface area contributed by atoms with Gasteiger partial charge in [-0.25, -0.2) is 13.2 Å². The number of unbranched alkanes of at least 4 members (excludes halogenated alkanes) is 1. The van der Waals surface area contributed by atoms with E-state index in [1.807, 2.05) is 0 Å². The van der Waals surface area contributed by atoms with Gasteiger partial charge in [-0.3, -0.25) is 4.39 Å². The fourth-order valence-corrected chi connectivity index (χ4v) is 5.36. The van der Waals surface area contributed by atoms with E-state index in [0.29, 0.717) is 30.2 Å². The molecule has 1 aromatic carbocycles. The second kappa shape index (κ2) is 11.2. The van der Waals surface area contributed by atoms with E-state index in [9.17, 15) is 17.6 Å². The molecule has 0 amide bonds. The minimum Gasteiger partial charge on any atom is -0.251 e. The molecule has 4 heteroatoms. The molecular weight excluding hydrogens is 376 g/mol. The Hall–Kier alpha value is -1.32. The van der Waals surface area contributed by atoms with Gasteiger partial charge in [-0.1, -0.05) is 25.0 Å². The highest BCUT2D eigenvalue weighted by atomic mass is 19.2. The summed E-state index contributed by atoms with van der Waals surface area (Å²) >= 11 is 0. The maximum atomic E-state index is 13.4. The number of aryl methyl sites for hydroxylation is 1. The number of allylic oxidation sites excluding steroid dienone is 2. The van der Waals surface area contributed by atoms with Crippen LogP contribution in [-0.2, 0) is 6.42 Å². The van der Waals surface area contributed by atoms with Crippen molar-refractivity contribution in [2.75, 3.05) is 6.67 Å². The molecule has 0 unspecified atom stereocenters. The molecule has 0 saturated heterocycles. The van der Waals surface area contributed by atoms with Gasteiger partial charge in [0.05, 0.1) is 6.67 Å². The van der Waals surface area contributed by atoms with E-state index < -0.39 is 17.5 Å². The lowest BCUT2D eigenvalue weighted by Crippen LogP contribution is -2.25. The van der Waals surface area contributed by atoms with Crippen molar-refractivity contribution in [1.29, 1.82) is 0 Å². The van der Waals surface area contributed by atoms with Crippen LogP contribution < -0.4 is 0 Å². The van der Waals surface area contributed by atoms with Crippen LogP contribution in [0.2, 0.25) is 0 Å².